The van der Waals surface area contributed by atoms with Crippen LogP contribution in [-0.4, -0.2) is 46.1 Å². The van der Waals surface area contributed by atoms with Crippen molar-refractivity contribution < 1.29 is 32.6 Å². The summed E-state index contributed by atoms with van der Waals surface area (Å²) in [6.45, 7) is 2.69. The van der Waals surface area contributed by atoms with Crippen LogP contribution in [0.5, 0.6) is 5.75 Å². The van der Waals surface area contributed by atoms with Crippen LogP contribution in [0.15, 0.2) is 35.8 Å². The fraction of sp³-hybridized carbons (Fsp3) is 0.250. The first-order chi connectivity index (χ1) is 15.5. The topological polar surface area (TPSA) is 119 Å². The van der Waals surface area contributed by atoms with Crippen LogP contribution >= 0.6 is 22.9 Å². The minimum absolute atomic E-state index is 0.143. The summed E-state index contributed by atoms with van der Waals surface area (Å²) in [5, 5.41) is 16.6. The number of aliphatic carboxylic acids is 1. The second-order valence-corrected chi connectivity index (χ2v) is 7.83. The minimum Gasteiger partial charge on any atom is -0.492 e. The molecule has 3 rings (SSSR count). The molecule has 0 saturated heterocycles. The Morgan fingerprint density at radius 1 is 1.33 bits per heavy atom. The van der Waals surface area contributed by atoms with Crippen molar-refractivity contribution in [2.45, 2.75) is 13.1 Å². The number of carbonyl (C=O) groups excluding carboxylic acids is 1. The highest BCUT2D eigenvalue weighted by Crippen LogP contribution is 2.36. The van der Waals surface area contributed by atoms with E-state index in [1.807, 2.05) is 24.4 Å². The van der Waals surface area contributed by atoms with Crippen molar-refractivity contribution in [1.29, 1.82) is 0 Å². The maximum Gasteiger partial charge on any atom is 0.490 e. The van der Waals surface area contributed by atoms with Gasteiger partial charge in [0, 0.05) is 24.8 Å². The molecule has 0 radical (unpaired) electrons. The molecule has 3 aromatic rings. The van der Waals surface area contributed by atoms with Crippen molar-refractivity contribution in [3.05, 3.63) is 51.3 Å². The van der Waals surface area contributed by atoms with Gasteiger partial charge in [-0.05, 0) is 42.1 Å². The van der Waals surface area contributed by atoms with Gasteiger partial charge in [0.1, 0.15) is 12.4 Å². The zero-order valence-corrected chi connectivity index (χ0v) is 19.0. The Kier molecular flexibility index (Phi) is 8.85. The molecule has 2 heterocycles. The standard InChI is InChI=1S/C18H19ClN4O2S.C2HF3O2/c1-11-5-8-26-17(11)18(24)22-12-3-4-15(25-7-6-20)13(9-12)16-14(19)10-21-23(16)2;3-2(4,5)1(6)7/h3-5,8-10H,6-7,20H2,1-2H3,(H,22,24);(H,6,7). The lowest BCUT2D eigenvalue weighted by Crippen LogP contribution is -2.21. The fourth-order valence-corrected chi connectivity index (χ4v) is 3.68. The Bertz CT molecular complexity index is 1110. The van der Waals surface area contributed by atoms with E-state index in [-0.39, 0.29) is 5.91 Å². The molecule has 33 heavy (non-hydrogen) atoms. The predicted octanol–water partition coefficient (Wildman–Crippen LogP) is 4.33. The predicted molar refractivity (Wildman–Crippen MR) is 119 cm³/mol. The van der Waals surface area contributed by atoms with E-state index in [9.17, 15) is 18.0 Å². The smallest absolute Gasteiger partial charge is 0.490 e. The number of hydrogen-bond acceptors (Lipinski definition) is 6. The summed E-state index contributed by atoms with van der Waals surface area (Å²) < 4.78 is 39.1. The summed E-state index contributed by atoms with van der Waals surface area (Å²) in [5.41, 5.74) is 8.59. The Balaban J connectivity index is 0.000000479. The Hall–Kier alpha value is -3.09. The number of nitrogens with zero attached hydrogens (tertiary/aromatic N) is 2. The molecular weight excluding hydrogens is 485 g/mol. The number of carbonyl (C=O) groups is 2. The van der Waals surface area contributed by atoms with Gasteiger partial charge in [-0.15, -0.1) is 11.3 Å². The number of alkyl halides is 3. The largest absolute Gasteiger partial charge is 0.492 e. The van der Waals surface area contributed by atoms with Gasteiger partial charge in [-0.3, -0.25) is 9.48 Å². The van der Waals surface area contributed by atoms with Crippen LogP contribution < -0.4 is 15.8 Å². The fourth-order valence-electron chi connectivity index (χ4n) is 2.59. The number of aryl methyl sites for hydroxylation is 2. The Labute approximate surface area is 195 Å². The van der Waals surface area contributed by atoms with Gasteiger partial charge in [-0.25, -0.2) is 4.79 Å². The number of nitrogens with two attached hydrogens (primary N) is 1. The maximum atomic E-state index is 12.5. The first-order valence-electron chi connectivity index (χ1n) is 9.26. The molecule has 0 fully saturated rings. The quantitative estimate of drug-likeness (QED) is 0.459. The third kappa shape index (κ3) is 6.94. The average molecular weight is 505 g/mol. The van der Waals surface area contributed by atoms with Gasteiger partial charge in [0.2, 0.25) is 0 Å². The van der Waals surface area contributed by atoms with Crippen molar-refractivity contribution in [2.24, 2.45) is 12.8 Å². The molecule has 0 unspecified atom stereocenters. The van der Waals surface area contributed by atoms with Crippen LogP contribution in [-0.2, 0) is 11.8 Å². The van der Waals surface area contributed by atoms with Crippen LogP contribution in [0.1, 0.15) is 15.2 Å². The number of halogens is 4. The minimum atomic E-state index is -5.08. The monoisotopic (exact) mass is 504 g/mol. The Morgan fingerprint density at radius 3 is 2.48 bits per heavy atom. The van der Waals surface area contributed by atoms with E-state index in [2.05, 4.69) is 10.4 Å². The van der Waals surface area contributed by atoms with Gasteiger partial charge in [0.05, 0.1) is 21.8 Å². The molecule has 0 saturated carbocycles. The number of anilines is 1. The number of amides is 1. The maximum absolute atomic E-state index is 12.5. The average Bonchev–Trinajstić information content (AvgIpc) is 3.31. The molecule has 0 aliphatic carbocycles. The van der Waals surface area contributed by atoms with Gasteiger partial charge in [-0.1, -0.05) is 11.6 Å². The number of nitrogens with one attached hydrogen (secondary N) is 1. The highest BCUT2D eigenvalue weighted by molar-refractivity contribution is 7.12. The summed E-state index contributed by atoms with van der Waals surface area (Å²) >= 11 is 7.71. The van der Waals surface area contributed by atoms with Crippen molar-refractivity contribution in [3.63, 3.8) is 0 Å². The number of aromatic nitrogens is 2. The molecule has 0 spiro atoms. The molecule has 0 bridgehead atoms. The highest BCUT2D eigenvalue weighted by Gasteiger charge is 2.38. The van der Waals surface area contributed by atoms with Crippen molar-refractivity contribution in [2.75, 3.05) is 18.5 Å². The summed E-state index contributed by atoms with van der Waals surface area (Å²) in [7, 11) is 1.80. The lowest BCUT2D eigenvalue weighted by Gasteiger charge is -2.14. The molecule has 0 atom stereocenters. The molecule has 8 nitrogen and oxygen atoms in total. The second kappa shape index (κ2) is 11.2. The van der Waals surface area contributed by atoms with Crippen LogP contribution in [0.2, 0.25) is 5.02 Å². The zero-order valence-electron chi connectivity index (χ0n) is 17.4. The second-order valence-electron chi connectivity index (χ2n) is 6.50. The highest BCUT2D eigenvalue weighted by atomic mass is 35.5. The van der Waals surface area contributed by atoms with Gasteiger partial charge in [0.25, 0.3) is 5.91 Å². The van der Waals surface area contributed by atoms with Crippen molar-refractivity contribution in [3.8, 4) is 17.0 Å². The first kappa shape index (κ1) is 26.2. The molecule has 13 heteroatoms. The number of rotatable bonds is 6. The first-order valence-corrected chi connectivity index (χ1v) is 10.5. The SMILES string of the molecule is Cc1ccsc1C(=O)Nc1ccc(OCCN)c(-c2c(Cl)cnn2C)c1.O=C(O)C(F)(F)F. The zero-order chi connectivity index (χ0) is 24.8. The Morgan fingerprint density at radius 2 is 2.00 bits per heavy atom. The van der Waals surface area contributed by atoms with E-state index < -0.39 is 12.1 Å². The summed E-state index contributed by atoms with van der Waals surface area (Å²) in [4.78, 5) is 22.1. The molecule has 2 aromatic heterocycles. The molecule has 1 amide bonds. The number of carboxylic acid groups (broad SMARTS) is 1. The van der Waals surface area contributed by atoms with Crippen LogP contribution in [0.4, 0.5) is 18.9 Å². The van der Waals surface area contributed by atoms with Gasteiger partial charge in [-0.2, -0.15) is 18.3 Å². The molecule has 0 aliphatic heterocycles. The number of thiophene rings is 1. The summed E-state index contributed by atoms with van der Waals surface area (Å²) in [6, 6.07) is 7.34. The van der Waals surface area contributed by atoms with Crippen LogP contribution in [0, 0.1) is 6.92 Å². The number of benzene rings is 1. The molecule has 1 aromatic carbocycles. The van der Waals surface area contributed by atoms with Crippen LogP contribution in [0.25, 0.3) is 11.3 Å². The summed E-state index contributed by atoms with van der Waals surface area (Å²) in [6.07, 6.45) is -3.51. The lowest BCUT2D eigenvalue weighted by molar-refractivity contribution is -0.192. The van der Waals surface area contributed by atoms with Gasteiger partial charge in [0.15, 0.2) is 0 Å². The molecule has 0 aliphatic rings. The van der Waals surface area contributed by atoms with Crippen LogP contribution in [0.3, 0.4) is 0 Å². The van der Waals surface area contributed by atoms with E-state index in [4.69, 9.17) is 32.0 Å². The van der Waals surface area contributed by atoms with Crippen molar-refractivity contribution >= 4 is 40.5 Å². The van der Waals surface area contributed by atoms with Gasteiger partial charge >= 0.3 is 12.1 Å². The van der Waals surface area contributed by atoms with Gasteiger partial charge < -0.3 is 20.9 Å². The van der Waals surface area contributed by atoms with Crippen molar-refractivity contribution in [1.82, 2.24) is 9.78 Å². The van der Waals surface area contributed by atoms with E-state index in [1.165, 1.54) is 11.3 Å². The molecule has 178 valence electrons. The number of carboxylic acids is 1. The normalized spacial score (nSPS) is 10.9. The number of hydrogen-bond donors (Lipinski definition) is 3. The molecule has 4 N–H and O–H groups in total. The van der Waals surface area contributed by atoms with E-state index in [1.54, 1.807) is 30.1 Å². The lowest BCUT2D eigenvalue weighted by atomic mass is 10.1. The molecular formula is C20H20ClF3N4O4S. The third-order valence-electron chi connectivity index (χ3n) is 4.07. The van der Waals surface area contributed by atoms with E-state index >= 15 is 0 Å². The summed E-state index contributed by atoms with van der Waals surface area (Å²) in [5.74, 6) is -2.27. The van der Waals surface area contributed by atoms with E-state index in [0.29, 0.717) is 40.2 Å². The number of ether oxygens (including phenoxy) is 1. The van der Waals surface area contributed by atoms with E-state index in [0.717, 1.165) is 11.1 Å². The third-order valence-corrected chi connectivity index (χ3v) is 5.36.